The Hall–Kier alpha value is -2.60. The molecule has 1 aliphatic carbocycles. The molecule has 0 spiro atoms. The largest absolute Gasteiger partial charge is 0.462 e. The summed E-state index contributed by atoms with van der Waals surface area (Å²) in [4.78, 5) is 13.1. The first-order chi connectivity index (χ1) is 12.6. The normalized spacial score (nSPS) is 12.4. The van der Waals surface area contributed by atoms with Crippen molar-refractivity contribution in [3.8, 4) is 22.1 Å². The van der Waals surface area contributed by atoms with Crippen molar-refractivity contribution < 1.29 is 14.3 Å². The number of aromatic nitrogens is 2. The maximum absolute atomic E-state index is 12.5. The van der Waals surface area contributed by atoms with Crippen LogP contribution in [0.2, 0.25) is 0 Å². The van der Waals surface area contributed by atoms with E-state index in [2.05, 4.69) is 5.10 Å². The van der Waals surface area contributed by atoms with E-state index in [1.54, 1.807) is 0 Å². The van der Waals surface area contributed by atoms with Crippen LogP contribution in [0.1, 0.15) is 33.3 Å². The first-order valence-corrected chi connectivity index (χ1v) is 9.48. The van der Waals surface area contributed by atoms with Gasteiger partial charge in [-0.3, -0.25) is 4.68 Å². The number of hydrogen-bond acceptors (Lipinski definition) is 5. The standard InChI is InChI=1S/C20H20N2O3S/c1-4-24-19(23)18-15-10-7-13-11-21-22(3)17(13)16(15)20(26-18)25-14-8-5-12(2)6-9-14/h5-6,8-9,11H,4,7,10H2,1-3H3. The van der Waals surface area contributed by atoms with Crippen LogP contribution in [0, 0.1) is 6.92 Å². The van der Waals surface area contributed by atoms with Crippen molar-refractivity contribution in [1.29, 1.82) is 0 Å². The molecule has 0 unspecified atom stereocenters. The van der Waals surface area contributed by atoms with Crippen LogP contribution in [0.3, 0.4) is 0 Å². The van der Waals surface area contributed by atoms with Gasteiger partial charge in [-0.15, -0.1) is 0 Å². The fourth-order valence-electron chi connectivity index (χ4n) is 3.31. The second-order valence-electron chi connectivity index (χ2n) is 6.35. The Bertz CT molecular complexity index is 970. The van der Waals surface area contributed by atoms with Crippen molar-refractivity contribution in [2.24, 2.45) is 7.05 Å². The van der Waals surface area contributed by atoms with Gasteiger partial charge < -0.3 is 9.47 Å². The fourth-order valence-corrected chi connectivity index (χ4v) is 4.43. The van der Waals surface area contributed by atoms with E-state index in [0.717, 1.165) is 40.5 Å². The maximum Gasteiger partial charge on any atom is 0.348 e. The molecule has 0 aliphatic heterocycles. The molecular formula is C20H20N2O3S. The first kappa shape index (κ1) is 16.8. The highest BCUT2D eigenvalue weighted by Gasteiger charge is 2.32. The number of carbonyl (C=O) groups is 1. The van der Waals surface area contributed by atoms with Crippen molar-refractivity contribution in [3.63, 3.8) is 0 Å². The van der Waals surface area contributed by atoms with Crippen molar-refractivity contribution >= 4 is 17.3 Å². The van der Waals surface area contributed by atoms with Gasteiger partial charge in [0.2, 0.25) is 0 Å². The monoisotopic (exact) mass is 368 g/mol. The smallest absolute Gasteiger partial charge is 0.348 e. The minimum atomic E-state index is -0.280. The van der Waals surface area contributed by atoms with Crippen molar-refractivity contribution in [1.82, 2.24) is 9.78 Å². The average Bonchev–Trinajstić information content (AvgIpc) is 3.18. The average molecular weight is 368 g/mol. The van der Waals surface area contributed by atoms with E-state index in [0.29, 0.717) is 11.5 Å². The second-order valence-corrected chi connectivity index (χ2v) is 7.33. The molecule has 1 aromatic carbocycles. The molecule has 1 aliphatic rings. The van der Waals surface area contributed by atoms with Gasteiger partial charge in [0.15, 0.2) is 5.06 Å². The van der Waals surface area contributed by atoms with E-state index in [9.17, 15) is 4.79 Å². The van der Waals surface area contributed by atoms with Gasteiger partial charge in [0.05, 0.1) is 24.1 Å². The van der Waals surface area contributed by atoms with Gasteiger partial charge in [0.1, 0.15) is 10.6 Å². The number of benzene rings is 1. The summed E-state index contributed by atoms with van der Waals surface area (Å²) in [5.41, 5.74) is 5.36. The van der Waals surface area contributed by atoms with Crippen LogP contribution in [-0.2, 0) is 24.6 Å². The van der Waals surface area contributed by atoms with Crippen LogP contribution in [-0.4, -0.2) is 22.4 Å². The van der Waals surface area contributed by atoms with Gasteiger partial charge in [-0.05, 0) is 49.9 Å². The molecule has 5 nitrogen and oxygen atoms in total. The van der Waals surface area contributed by atoms with Crippen molar-refractivity contribution in [3.05, 3.63) is 52.0 Å². The van der Waals surface area contributed by atoms with E-state index >= 15 is 0 Å². The lowest BCUT2D eigenvalue weighted by atomic mass is 9.91. The van der Waals surface area contributed by atoms with Gasteiger partial charge in [-0.2, -0.15) is 5.10 Å². The predicted octanol–water partition coefficient (Wildman–Crippen LogP) is 4.52. The lowest BCUT2D eigenvalue weighted by Crippen LogP contribution is -2.10. The number of thiophene rings is 1. The SMILES string of the molecule is CCOC(=O)c1sc(Oc2ccc(C)cc2)c2c1CCc1cnn(C)c1-2. The second kappa shape index (κ2) is 6.61. The Morgan fingerprint density at radius 3 is 2.77 bits per heavy atom. The van der Waals surface area contributed by atoms with Crippen LogP contribution in [0.25, 0.3) is 11.3 Å². The molecule has 0 N–H and O–H groups in total. The van der Waals surface area contributed by atoms with E-state index < -0.39 is 0 Å². The third-order valence-electron chi connectivity index (χ3n) is 4.56. The molecule has 0 atom stereocenters. The number of esters is 1. The lowest BCUT2D eigenvalue weighted by Gasteiger charge is -2.16. The lowest BCUT2D eigenvalue weighted by molar-refractivity contribution is 0.0531. The van der Waals surface area contributed by atoms with Crippen LogP contribution in [0.4, 0.5) is 0 Å². The Kier molecular flexibility index (Phi) is 4.28. The Labute approximate surface area is 156 Å². The minimum Gasteiger partial charge on any atom is -0.462 e. The van der Waals surface area contributed by atoms with Crippen LogP contribution in [0.5, 0.6) is 10.8 Å². The predicted molar refractivity (Wildman–Crippen MR) is 101 cm³/mol. The number of hydrogen-bond donors (Lipinski definition) is 0. The highest BCUT2D eigenvalue weighted by atomic mass is 32.1. The number of aryl methyl sites for hydroxylation is 3. The first-order valence-electron chi connectivity index (χ1n) is 8.67. The fraction of sp³-hybridized carbons (Fsp3) is 0.300. The third kappa shape index (κ3) is 2.80. The summed E-state index contributed by atoms with van der Waals surface area (Å²) in [5, 5.41) is 5.12. The van der Waals surface area contributed by atoms with E-state index in [1.165, 1.54) is 22.5 Å². The van der Waals surface area contributed by atoms with Crippen molar-refractivity contribution in [2.45, 2.75) is 26.7 Å². The molecule has 0 fully saturated rings. The molecule has 3 aromatic rings. The zero-order chi connectivity index (χ0) is 18.3. The van der Waals surface area contributed by atoms with Gasteiger partial charge in [-0.1, -0.05) is 29.0 Å². The molecule has 2 aromatic heterocycles. The van der Waals surface area contributed by atoms with Gasteiger partial charge in [-0.25, -0.2) is 4.79 Å². The highest BCUT2D eigenvalue weighted by Crippen LogP contribution is 2.48. The summed E-state index contributed by atoms with van der Waals surface area (Å²) in [6.45, 7) is 4.22. The molecule has 0 radical (unpaired) electrons. The Morgan fingerprint density at radius 2 is 2.04 bits per heavy atom. The number of nitrogens with zero attached hydrogens (tertiary/aromatic N) is 2. The van der Waals surface area contributed by atoms with Crippen LogP contribution < -0.4 is 4.74 Å². The number of rotatable bonds is 4. The molecule has 0 amide bonds. The third-order valence-corrected chi connectivity index (χ3v) is 5.65. The van der Waals surface area contributed by atoms with Crippen LogP contribution >= 0.6 is 11.3 Å². The number of fused-ring (bicyclic) bond motifs is 3. The van der Waals surface area contributed by atoms with E-state index in [-0.39, 0.29) is 5.97 Å². The van der Waals surface area contributed by atoms with Gasteiger partial charge >= 0.3 is 5.97 Å². The summed E-state index contributed by atoms with van der Waals surface area (Å²) in [7, 11) is 1.92. The zero-order valence-electron chi connectivity index (χ0n) is 15.0. The summed E-state index contributed by atoms with van der Waals surface area (Å²) in [6.07, 6.45) is 3.55. The molecule has 2 heterocycles. The summed E-state index contributed by atoms with van der Waals surface area (Å²) in [5.74, 6) is 0.475. The molecule has 4 rings (SSSR count). The summed E-state index contributed by atoms with van der Waals surface area (Å²) < 4.78 is 13.3. The molecule has 6 heteroatoms. The summed E-state index contributed by atoms with van der Waals surface area (Å²) >= 11 is 1.36. The zero-order valence-corrected chi connectivity index (χ0v) is 15.9. The number of ether oxygens (including phenoxy) is 2. The van der Waals surface area contributed by atoms with E-state index in [1.807, 2.05) is 56.0 Å². The molecule has 26 heavy (non-hydrogen) atoms. The molecule has 134 valence electrons. The van der Waals surface area contributed by atoms with Gasteiger partial charge in [0, 0.05) is 7.05 Å². The highest BCUT2D eigenvalue weighted by molar-refractivity contribution is 7.16. The molecule has 0 saturated carbocycles. The van der Waals surface area contributed by atoms with E-state index in [4.69, 9.17) is 9.47 Å². The molecule has 0 bridgehead atoms. The van der Waals surface area contributed by atoms with Gasteiger partial charge in [0.25, 0.3) is 0 Å². The van der Waals surface area contributed by atoms with Crippen molar-refractivity contribution in [2.75, 3.05) is 6.61 Å². The maximum atomic E-state index is 12.5. The Morgan fingerprint density at radius 1 is 1.27 bits per heavy atom. The molecular weight excluding hydrogens is 348 g/mol. The number of carbonyl (C=O) groups excluding carboxylic acids is 1. The Balaban J connectivity index is 1.84. The quantitative estimate of drug-likeness (QED) is 0.635. The molecule has 0 saturated heterocycles. The van der Waals surface area contributed by atoms with Crippen LogP contribution in [0.15, 0.2) is 30.5 Å². The summed E-state index contributed by atoms with van der Waals surface area (Å²) in [6, 6.07) is 7.91. The minimum absolute atomic E-state index is 0.280. The topological polar surface area (TPSA) is 53.4 Å².